The van der Waals surface area contributed by atoms with E-state index in [4.69, 9.17) is 0 Å². The van der Waals surface area contributed by atoms with E-state index in [0.29, 0.717) is 6.04 Å². The molecule has 2 atom stereocenters. The average molecular weight is 346 g/mol. The zero-order valence-electron chi connectivity index (χ0n) is 12.5. The Labute approximate surface area is 131 Å². The predicted molar refractivity (Wildman–Crippen MR) is 91.1 cm³/mol. The van der Waals surface area contributed by atoms with Gasteiger partial charge in [0.2, 0.25) is 0 Å². The third-order valence-electron chi connectivity index (χ3n) is 3.77. The van der Waals surface area contributed by atoms with Gasteiger partial charge in [0.1, 0.15) is 0 Å². The second-order valence-corrected chi connectivity index (χ2v) is 7.12. The zero-order valence-corrected chi connectivity index (χ0v) is 14.9. The number of hydrogen-bond acceptors (Lipinski definition) is 2. The first-order valence-corrected chi connectivity index (χ1v) is 9.35. The first-order chi connectivity index (χ1) is 9.22. The Bertz CT molecular complexity index is 337. The fourth-order valence-corrected chi connectivity index (χ4v) is 4.14. The number of halogens is 1. The normalized spacial score (nSPS) is 14.5. The van der Waals surface area contributed by atoms with Gasteiger partial charge in [0.05, 0.1) is 0 Å². The molecule has 1 rings (SSSR count). The van der Waals surface area contributed by atoms with E-state index in [2.05, 4.69) is 53.5 Å². The molecule has 3 heteroatoms. The van der Waals surface area contributed by atoms with Crippen molar-refractivity contribution < 1.29 is 0 Å². The molecule has 19 heavy (non-hydrogen) atoms. The van der Waals surface area contributed by atoms with Crippen molar-refractivity contribution in [3.05, 3.63) is 20.8 Å². The maximum atomic E-state index is 3.78. The third kappa shape index (κ3) is 5.97. The highest BCUT2D eigenvalue weighted by Crippen LogP contribution is 2.27. The molecule has 1 nitrogen and oxygen atoms in total. The highest BCUT2D eigenvalue weighted by Gasteiger charge is 2.20. The number of nitrogens with one attached hydrogen (secondary N) is 1. The lowest BCUT2D eigenvalue weighted by molar-refractivity contribution is 0.316. The first-order valence-electron chi connectivity index (χ1n) is 7.68. The first kappa shape index (κ1) is 17.2. The van der Waals surface area contributed by atoms with Crippen LogP contribution in [0.3, 0.4) is 0 Å². The highest BCUT2D eigenvalue weighted by atomic mass is 79.9. The molecule has 1 aromatic rings. The molecule has 0 saturated carbocycles. The van der Waals surface area contributed by atoms with E-state index in [0.717, 1.165) is 12.5 Å². The van der Waals surface area contributed by atoms with Crippen LogP contribution in [-0.4, -0.2) is 12.6 Å². The van der Waals surface area contributed by atoms with Gasteiger partial charge in [-0.2, -0.15) is 0 Å². The summed E-state index contributed by atoms with van der Waals surface area (Å²) < 4.78 is 1.28. The average Bonchev–Trinajstić information content (AvgIpc) is 2.82. The van der Waals surface area contributed by atoms with Crippen molar-refractivity contribution in [2.24, 2.45) is 5.92 Å². The molecule has 0 spiro atoms. The standard InChI is InChI=1S/C16H28BrNS/c1-4-7-8-13(6-3)15(18-10-5-2)12-16-14(17)9-11-19-16/h9,11,13,15,18H,4-8,10,12H2,1-3H3. The summed E-state index contributed by atoms with van der Waals surface area (Å²) >= 11 is 5.55. The molecule has 0 radical (unpaired) electrons. The Morgan fingerprint density at radius 2 is 2.05 bits per heavy atom. The van der Waals surface area contributed by atoms with Crippen molar-refractivity contribution in [1.29, 1.82) is 0 Å². The van der Waals surface area contributed by atoms with Crippen LogP contribution in [0.2, 0.25) is 0 Å². The van der Waals surface area contributed by atoms with Crippen LogP contribution in [0.15, 0.2) is 15.9 Å². The van der Waals surface area contributed by atoms with Gasteiger partial charge in [-0.05, 0) is 59.1 Å². The molecule has 110 valence electrons. The summed E-state index contributed by atoms with van der Waals surface area (Å²) in [5, 5.41) is 5.96. The van der Waals surface area contributed by atoms with Gasteiger partial charge in [0.15, 0.2) is 0 Å². The highest BCUT2D eigenvalue weighted by molar-refractivity contribution is 9.10. The molecule has 0 aliphatic carbocycles. The fraction of sp³-hybridized carbons (Fsp3) is 0.750. The van der Waals surface area contributed by atoms with E-state index in [9.17, 15) is 0 Å². The third-order valence-corrected chi connectivity index (χ3v) is 5.72. The van der Waals surface area contributed by atoms with Crippen molar-refractivity contribution in [2.45, 2.75) is 65.3 Å². The van der Waals surface area contributed by atoms with E-state index in [1.165, 1.54) is 47.9 Å². The molecule has 1 aromatic heterocycles. The zero-order chi connectivity index (χ0) is 14.1. The maximum Gasteiger partial charge on any atom is 0.0314 e. The van der Waals surface area contributed by atoms with Crippen LogP contribution >= 0.6 is 27.3 Å². The van der Waals surface area contributed by atoms with E-state index in [1.54, 1.807) is 0 Å². The molecule has 1 N–H and O–H groups in total. The molecule has 0 aliphatic heterocycles. The van der Waals surface area contributed by atoms with Crippen LogP contribution in [0.4, 0.5) is 0 Å². The second kappa shape index (κ2) is 9.95. The molecule has 0 aromatic carbocycles. The number of unbranched alkanes of at least 4 members (excludes halogenated alkanes) is 1. The smallest absolute Gasteiger partial charge is 0.0314 e. The maximum absolute atomic E-state index is 3.78. The summed E-state index contributed by atoms with van der Waals surface area (Å²) in [4.78, 5) is 1.49. The van der Waals surface area contributed by atoms with Gasteiger partial charge in [-0.25, -0.2) is 0 Å². The molecule has 0 fully saturated rings. The monoisotopic (exact) mass is 345 g/mol. The lowest BCUT2D eigenvalue weighted by atomic mass is 9.89. The van der Waals surface area contributed by atoms with Gasteiger partial charge in [0.25, 0.3) is 0 Å². The number of rotatable bonds is 10. The number of hydrogen-bond donors (Lipinski definition) is 1. The summed E-state index contributed by atoms with van der Waals surface area (Å²) in [6.45, 7) is 8.01. The summed E-state index contributed by atoms with van der Waals surface area (Å²) in [6, 6.07) is 2.80. The number of thiophene rings is 1. The largest absolute Gasteiger partial charge is 0.313 e. The van der Waals surface area contributed by atoms with Gasteiger partial charge < -0.3 is 5.32 Å². The Morgan fingerprint density at radius 3 is 2.58 bits per heavy atom. The van der Waals surface area contributed by atoms with Crippen molar-refractivity contribution in [3.63, 3.8) is 0 Å². The molecule has 1 heterocycles. The molecular weight excluding hydrogens is 318 g/mol. The van der Waals surface area contributed by atoms with Crippen molar-refractivity contribution >= 4 is 27.3 Å². The topological polar surface area (TPSA) is 12.0 Å². The van der Waals surface area contributed by atoms with E-state index in [-0.39, 0.29) is 0 Å². The van der Waals surface area contributed by atoms with Gasteiger partial charge in [-0.3, -0.25) is 0 Å². The van der Waals surface area contributed by atoms with Crippen LogP contribution < -0.4 is 5.32 Å². The van der Waals surface area contributed by atoms with Crippen molar-refractivity contribution in [1.82, 2.24) is 5.32 Å². The Hall–Kier alpha value is 0.140. The van der Waals surface area contributed by atoms with Gasteiger partial charge in [-0.15, -0.1) is 11.3 Å². The Balaban J connectivity index is 2.65. The minimum Gasteiger partial charge on any atom is -0.313 e. The Kier molecular flexibility index (Phi) is 9.01. The van der Waals surface area contributed by atoms with Crippen molar-refractivity contribution in [2.75, 3.05) is 6.54 Å². The van der Waals surface area contributed by atoms with Crippen LogP contribution in [0, 0.1) is 5.92 Å². The minimum atomic E-state index is 0.631. The molecule has 0 aliphatic rings. The van der Waals surface area contributed by atoms with Crippen LogP contribution in [0.1, 0.15) is 57.8 Å². The quantitative estimate of drug-likeness (QED) is 0.578. The van der Waals surface area contributed by atoms with Gasteiger partial charge >= 0.3 is 0 Å². The van der Waals surface area contributed by atoms with Gasteiger partial charge in [-0.1, -0.05) is 40.0 Å². The lowest BCUT2D eigenvalue weighted by Crippen LogP contribution is -2.38. The SMILES string of the molecule is CCCCC(CC)C(Cc1sccc1Br)NCCC. The van der Waals surface area contributed by atoms with Crippen molar-refractivity contribution in [3.8, 4) is 0 Å². The summed E-state index contributed by atoms with van der Waals surface area (Å²) in [5.41, 5.74) is 0. The molecular formula is C16H28BrNS. The second-order valence-electron chi connectivity index (χ2n) is 5.27. The molecule has 2 unspecified atom stereocenters. The van der Waals surface area contributed by atoms with E-state index >= 15 is 0 Å². The molecule has 0 bridgehead atoms. The Morgan fingerprint density at radius 1 is 1.26 bits per heavy atom. The molecule has 0 amide bonds. The van der Waals surface area contributed by atoms with E-state index < -0.39 is 0 Å². The summed E-state index contributed by atoms with van der Waals surface area (Å²) in [5.74, 6) is 0.806. The van der Waals surface area contributed by atoms with E-state index in [1.807, 2.05) is 11.3 Å². The lowest BCUT2D eigenvalue weighted by Gasteiger charge is -2.27. The summed E-state index contributed by atoms with van der Waals surface area (Å²) in [6.07, 6.45) is 7.68. The summed E-state index contributed by atoms with van der Waals surface area (Å²) in [7, 11) is 0. The van der Waals surface area contributed by atoms with Crippen LogP contribution in [0.5, 0.6) is 0 Å². The fourth-order valence-electron chi connectivity index (χ4n) is 2.56. The van der Waals surface area contributed by atoms with Gasteiger partial charge in [0, 0.05) is 15.4 Å². The molecule has 0 saturated heterocycles. The minimum absolute atomic E-state index is 0.631. The predicted octanol–water partition coefficient (Wildman–Crippen LogP) is 5.64. The van der Waals surface area contributed by atoms with Crippen LogP contribution in [-0.2, 0) is 6.42 Å². The van der Waals surface area contributed by atoms with Crippen LogP contribution in [0.25, 0.3) is 0 Å².